The molecule has 1 aromatic carbocycles. The summed E-state index contributed by atoms with van der Waals surface area (Å²) in [4.78, 5) is 25.9. The predicted molar refractivity (Wildman–Crippen MR) is 83.4 cm³/mol. The lowest BCUT2D eigenvalue weighted by molar-refractivity contribution is -0.138. The van der Waals surface area contributed by atoms with Crippen LogP contribution in [0.15, 0.2) is 30.3 Å². The molecule has 1 N–H and O–H groups in total. The Hall–Kier alpha value is -1.88. The molecular formula is C17H22N2O3. The SMILES string of the molecule is O=C(CCN1C[C@]2(CCOC2)CCC1=O)Nc1ccccc1. The van der Waals surface area contributed by atoms with E-state index in [1.807, 2.05) is 35.2 Å². The van der Waals surface area contributed by atoms with Gasteiger partial charge in [-0.1, -0.05) is 18.2 Å². The van der Waals surface area contributed by atoms with Crippen LogP contribution in [-0.2, 0) is 14.3 Å². The number of rotatable bonds is 4. The molecule has 0 aromatic heterocycles. The van der Waals surface area contributed by atoms with E-state index in [0.29, 0.717) is 19.4 Å². The molecule has 2 heterocycles. The van der Waals surface area contributed by atoms with Crippen molar-refractivity contribution in [1.29, 1.82) is 0 Å². The van der Waals surface area contributed by atoms with Gasteiger partial charge in [0.05, 0.1) is 6.61 Å². The van der Waals surface area contributed by atoms with Gasteiger partial charge in [0.2, 0.25) is 11.8 Å². The lowest BCUT2D eigenvalue weighted by atomic mass is 9.79. The normalized spacial score (nSPS) is 24.7. The Morgan fingerprint density at radius 2 is 2.09 bits per heavy atom. The van der Waals surface area contributed by atoms with Crippen molar-refractivity contribution in [3.8, 4) is 0 Å². The maximum Gasteiger partial charge on any atom is 0.226 e. The number of carbonyl (C=O) groups excluding carboxylic acids is 2. The van der Waals surface area contributed by atoms with Crippen molar-refractivity contribution in [1.82, 2.24) is 4.90 Å². The van der Waals surface area contributed by atoms with Crippen LogP contribution in [0.5, 0.6) is 0 Å². The highest BCUT2D eigenvalue weighted by atomic mass is 16.5. The molecule has 0 aliphatic carbocycles. The maximum atomic E-state index is 12.1. The zero-order valence-electron chi connectivity index (χ0n) is 12.7. The van der Waals surface area contributed by atoms with E-state index in [1.165, 1.54) is 0 Å². The van der Waals surface area contributed by atoms with Crippen LogP contribution in [0.4, 0.5) is 5.69 Å². The molecular weight excluding hydrogens is 280 g/mol. The molecule has 2 aliphatic heterocycles. The van der Waals surface area contributed by atoms with Crippen molar-refractivity contribution in [2.24, 2.45) is 5.41 Å². The molecule has 0 bridgehead atoms. The van der Waals surface area contributed by atoms with Gasteiger partial charge in [-0.05, 0) is 25.0 Å². The van der Waals surface area contributed by atoms with Crippen LogP contribution >= 0.6 is 0 Å². The molecule has 2 fully saturated rings. The van der Waals surface area contributed by atoms with Gasteiger partial charge < -0.3 is 15.0 Å². The van der Waals surface area contributed by atoms with Gasteiger partial charge in [-0.3, -0.25) is 9.59 Å². The summed E-state index contributed by atoms with van der Waals surface area (Å²) >= 11 is 0. The number of hydrogen-bond acceptors (Lipinski definition) is 3. The number of ether oxygens (including phenoxy) is 1. The van der Waals surface area contributed by atoms with E-state index in [0.717, 1.165) is 38.3 Å². The van der Waals surface area contributed by atoms with Crippen molar-refractivity contribution in [3.05, 3.63) is 30.3 Å². The molecule has 2 amide bonds. The van der Waals surface area contributed by atoms with Crippen molar-refractivity contribution in [2.45, 2.75) is 25.7 Å². The summed E-state index contributed by atoms with van der Waals surface area (Å²) in [6.07, 6.45) is 2.84. The number of para-hydroxylation sites is 1. The van der Waals surface area contributed by atoms with Crippen molar-refractivity contribution in [3.63, 3.8) is 0 Å². The van der Waals surface area contributed by atoms with Gasteiger partial charge in [-0.2, -0.15) is 0 Å². The molecule has 2 saturated heterocycles. The highest BCUT2D eigenvalue weighted by molar-refractivity contribution is 5.91. The fourth-order valence-electron chi connectivity index (χ4n) is 3.26. The van der Waals surface area contributed by atoms with E-state index in [4.69, 9.17) is 4.74 Å². The summed E-state index contributed by atoms with van der Waals surface area (Å²) in [5.74, 6) is 0.103. The molecule has 2 aliphatic rings. The third-order valence-corrected chi connectivity index (χ3v) is 4.60. The maximum absolute atomic E-state index is 12.1. The Morgan fingerprint density at radius 1 is 1.27 bits per heavy atom. The quantitative estimate of drug-likeness (QED) is 0.926. The van der Waals surface area contributed by atoms with Crippen LogP contribution in [0.1, 0.15) is 25.7 Å². The zero-order chi connectivity index (χ0) is 15.4. The number of nitrogens with zero attached hydrogens (tertiary/aromatic N) is 1. The fraction of sp³-hybridized carbons (Fsp3) is 0.529. The average molecular weight is 302 g/mol. The van der Waals surface area contributed by atoms with Gasteiger partial charge in [-0.15, -0.1) is 0 Å². The Balaban J connectivity index is 1.51. The summed E-state index contributed by atoms with van der Waals surface area (Å²) in [7, 11) is 0. The summed E-state index contributed by atoms with van der Waals surface area (Å²) < 4.78 is 5.51. The van der Waals surface area contributed by atoms with E-state index < -0.39 is 0 Å². The van der Waals surface area contributed by atoms with Crippen LogP contribution in [0, 0.1) is 5.41 Å². The minimum Gasteiger partial charge on any atom is -0.381 e. The first-order valence-corrected chi connectivity index (χ1v) is 7.87. The second kappa shape index (κ2) is 6.48. The summed E-state index contributed by atoms with van der Waals surface area (Å²) in [5, 5.41) is 2.86. The van der Waals surface area contributed by atoms with Crippen LogP contribution < -0.4 is 5.32 Å². The van der Waals surface area contributed by atoms with Gasteiger partial charge in [0.15, 0.2) is 0 Å². The second-order valence-electron chi connectivity index (χ2n) is 6.28. The average Bonchev–Trinajstić information content (AvgIpc) is 2.98. The molecule has 5 nitrogen and oxygen atoms in total. The summed E-state index contributed by atoms with van der Waals surface area (Å²) in [6, 6.07) is 9.38. The monoisotopic (exact) mass is 302 g/mol. The van der Waals surface area contributed by atoms with Crippen molar-refractivity contribution >= 4 is 17.5 Å². The van der Waals surface area contributed by atoms with Gasteiger partial charge in [0, 0.05) is 43.6 Å². The molecule has 1 spiro atoms. The molecule has 3 rings (SSSR count). The third-order valence-electron chi connectivity index (χ3n) is 4.60. The highest BCUT2D eigenvalue weighted by Gasteiger charge is 2.41. The zero-order valence-corrected chi connectivity index (χ0v) is 12.7. The van der Waals surface area contributed by atoms with Gasteiger partial charge >= 0.3 is 0 Å². The number of nitrogens with one attached hydrogen (secondary N) is 1. The number of benzene rings is 1. The second-order valence-corrected chi connectivity index (χ2v) is 6.28. The first-order valence-electron chi connectivity index (χ1n) is 7.87. The Kier molecular flexibility index (Phi) is 4.43. The van der Waals surface area contributed by atoms with E-state index in [9.17, 15) is 9.59 Å². The van der Waals surface area contributed by atoms with Gasteiger partial charge in [-0.25, -0.2) is 0 Å². The number of amides is 2. The minimum atomic E-state index is -0.0544. The lowest BCUT2D eigenvalue weighted by Crippen LogP contribution is -2.47. The number of hydrogen-bond donors (Lipinski definition) is 1. The lowest BCUT2D eigenvalue weighted by Gasteiger charge is -2.39. The predicted octanol–water partition coefficient (Wildman–Crippen LogP) is 2.04. The molecule has 0 radical (unpaired) electrons. The molecule has 5 heteroatoms. The first-order chi connectivity index (χ1) is 10.7. The Morgan fingerprint density at radius 3 is 2.82 bits per heavy atom. The first kappa shape index (κ1) is 15.0. The Labute approximate surface area is 130 Å². The standard InChI is InChI=1S/C17H22N2O3/c20-15(18-14-4-2-1-3-5-14)7-10-19-12-17(8-6-16(19)21)9-11-22-13-17/h1-5H,6-13H2,(H,18,20)/t17-/m1/s1. The number of likely N-dealkylation sites (tertiary alicyclic amines) is 1. The molecule has 1 atom stereocenters. The number of carbonyl (C=O) groups is 2. The largest absolute Gasteiger partial charge is 0.381 e. The molecule has 22 heavy (non-hydrogen) atoms. The molecule has 1 aromatic rings. The third kappa shape index (κ3) is 3.47. The minimum absolute atomic E-state index is 0.0544. The van der Waals surface area contributed by atoms with Crippen LogP contribution in [-0.4, -0.2) is 43.0 Å². The van der Waals surface area contributed by atoms with Gasteiger partial charge in [0.25, 0.3) is 0 Å². The van der Waals surface area contributed by atoms with Crippen LogP contribution in [0.25, 0.3) is 0 Å². The summed E-state index contributed by atoms with van der Waals surface area (Å²) in [5.41, 5.74) is 0.919. The van der Waals surface area contributed by atoms with E-state index in [-0.39, 0.29) is 17.2 Å². The molecule has 0 unspecified atom stereocenters. The highest BCUT2D eigenvalue weighted by Crippen LogP contribution is 2.38. The van der Waals surface area contributed by atoms with Gasteiger partial charge in [0.1, 0.15) is 0 Å². The molecule has 118 valence electrons. The molecule has 0 saturated carbocycles. The smallest absolute Gasteiger partial charge is 0.226 e. The number of piperidine rings is 1. The number of anilines is 1. The van der Waals surface area contributed by atoms with Crippen LogP contribution in [0.3, 0.4) is 0 Å². The van der Waals surface area contributed by atoms with E-state index in [1.54, 1.807) is 0 Å². The van der Waals surface area contributed by atoms with Crippen molar-refractivity contribution in [2.75, 3.05) is 31.6 Å². The van der Waals surface area contributed by atoms with Crippen molar-refractivity contribution < 1.29 is 14.3 Å². The fourth-order valence-corrected chi connectivity index (χ4v) is 3.26. The van der Waals surface area contributed by atoms with E-state index in [2.05, 4.69) is 5.32 Å². The topological polar surface area (TPSA) is 58.6 Å². The Bertz CT molecular complexity index is 538. The summed E-state index contributed by atoms with van der Waals surface area (Å²) in [6.45, 7) is 2.74. The van der Waals surface area contributed by atoms with E-state index >= 15 is 0 Å². The van der Waals surface area contributed by atoms with Crippen LogP contribution in [0.2, 0.25) is 0 Å².